The van der Waals surface area contributed by atoms with Gasteiger partial charge in [0.15, 0.2) is 0 Å². The number of nitrogens with one attached hydrogen (secondary N) is 1. The topological polar surface area (TPSA) is 95.9 Å². The van der Waals surface area contributed by atoms with Gasteiger partial charge in [0.1, 0.15) is 6.61 Å². The zero-order valence-corrected chi connectivity index (χ0v) is 16.6. The van der Waals surface area contributed by atoms with E-state index in [0.717, 1.165) is 38.5 Å². The molecule has 1 fully saturated rings. The number of hydrogen-bond acceptors (Lipinski definition) is 5. The van der Waals surface area contributed by atoms with Gasteiger partial charge >= 0.3 is 11.9 Å². The Bertz CT molecular complexity index is 502. The largest absolute Gasteiger partial charge is 0.481 e. The Morgan fingerprint density at radius 2 is 1.54 bits per heavy atom. The summed E-state index contributed by atoms with van der Waals surface area (Å²) in [5.41, 5.74) is -1.07. The fourth-order valence-corrected chi connectivity index (χ4v) is 3.45. The Hall–Kier alpha value is -1.63. The number of unbranched alkanes of at least 4 members (excludes halogenated alkanes) is 5. The molecule has 0 aromatic rings. The summed E-state index contributed by atoms with van der Waals surface area (Å²) in [6, 6.07) is 0. The lowest BCUT2D eigenvalue weighted by molar-refractivity contribution is -0.145. The van der Waals surface area contributed by atoms with Gasteiger partial charge in [0.05, 0.1) is 11.2 Å². The first-order valence-corrected chi connectivity index (χ1v) is 9.55. The molecule has 0 aromatic carbocycles. The quantitative estimate of drug-likeness (QED) is 0.405. The summed E-state index contributed by atoms with van der Waals surface area (Å²) in [7, 11) is 0. The van der Waals surface area contributed by atoms with Crippen molar-refractivity contribution in [2.75, 3.05) is 13.2 Å². The Kier molecular flexibility index (Phi) is 8.53. The van der Waals surface area contributed by atoms with E-state index in [4.69, 9.17) is 9.84 Å². The third-order valence-corrected chi connectivity index (χ3v) is 4.92. The van der Waals surface area contributed by atoms with Crippen LogP contribution in [-0.4, -0.2) is 52.2 Å². The number of amides is 1. The van der Waals surface area contributed by atoms with Crippen LogP contribution < -0.4 is 5.32 Å². The van der Waals surface area contributed by atoms with E-state index < -0.39 is 17.2 Å². The SMILES string of the molecule is CC1(C)NC(=O)C(C)(C)N1CCOC(=O)CCCCCCCCC(=O)O. The molecule has 2 N–H and O–H groups in total. The molecular weight excluding hydrogens is 336 g/mol. The van der Waals surface area contributed by atoms with Crippen molar-refractivity contribution in [1.82, 2.24) is 10.2 Å². The molecule has 1 heterocycles. The molecule has 0 radical (unpaired) electrons. The third kappa shape index (κ3) is 6.94. The molecule has 0 bridgehead atoms. The van der Waals surface area contributed by atoms with Gasteiger partial charge < -0.3 is 15.2 Å². The minimum absolute atomic E-state index is 0.0165. The number of rotatable bonds is 12. The molecule has 150 valence electrons. The van der Waals surface area contributed by atoms with E-state index in [1.807, 2.05) is 32.6 Å². The standard InChI is InChI=1S/C19H34N2O5/c1-18(2)17(25)20-19(3,4)21(18)13-14-26-16(24)12-10-8-6-5-7-9-11-15(22)23/h5-14H2,1-4H3,(H,20,25)(H,22,23). The fraction of sp³-hybridized carbons (Fsp3) is 0.842. The monoisotopic (exact) mass is 370 g/mol. The van der Waals surface area contributed by atoms with Gasteiger partial charge in [-0.15, -0.1) is 0 Å². The predicted octanol–water partition coefficient (Wildman–Crippen LogP) is 2.68. The Labute approximate surface area is 156 Å². The summed E-state index contributed by atoms with van der Waals surface area (Å²) >= 11 is 0. The molecule has 1 aliphatic heterocycles. The number of ether oxygens (including phenoxy) is 1. The summed E-state index contributed by atoms with van der Waals surface area (Å²) in [5, 5.41) is 11.5. The van der Waals surface area contributed by atoms with Crippen LogP contribution in [0.2, 0.25) is 0 Å². The molecule has 1 amide bonds. The molecule has 26 heavy (non-hydrogen) atoms. The van der Waals surface area contributed by atoms with Crippen LogP contribution in [0.5, 0.6) is 0 Å². The molecule has 0 aliphatic carbocycles. The smallest absolute Gasteiger partial charge is 0.305 e. The Morgan fingerprint density at radius 3 is 2.04 bits per heavy atom. The van der Waals surface area contributed by atoms with Gasteiger partial charge in [-0.3, -0.25) is 19.3 Å². The van der Waals surface area contributed by atoms with E-state index >= 15 is 0 Å². The molecule has 1 rings (SSSR count). The molecule has 0 saturated carbocycles. The highest BCUT2D eigenvalue weighted by atomic mass is 16.5. The molecule has 1 saturated heterocycles. The first-order valence-electron chi connectivity index (χ1n) is 9.55. The van der Waals surface area contributed by atoms with E-state index in [0.29, 0.717) is 13.0 Å². The van der Waals surface area contributed by atoms with Gasteiger partial charge in [-0.25, -0.2) is 0 Å². The molecule has 0 aromatic heterocycles. The number of carboxylic acids is 1. The van der Waals surface area contributed by atoms with Crippen LogP contribution in [0.3, 0.4) is 0 Å². The van der Waals surface area contributed by atoms with Gasteiger partial charge in [0, 0.05) is 19.4 Å². The summed E-state index contributed by atoms with van der Waals surface area (Å²) in [6.45, 7) is 8.41. The van der Waals surface area contributed by atoms with Crippen LogP contribution in [0, 0.1) is 0 Å². The summed E-state index contributed by atoms with van der Waals surface area (Å²) in [6.07, 6.45) is 6.03. The molecule has 7 nitrogen and oxygen atoms in total. The zero-order chi connectivity index (χ0) is 19.8. The predicted molar refractivity (Wildman–Crippen MR) is 98.5 cm³/mol. The van der Waals surface area contributed by atoms with Crippen LogP contribution in [0.1, 0.15) is 79.1 Å². The van der Waals surface area contributed by atoms with Gasteiger partial charge in [0.25, 0.3) is 0 Å². The summed E-state index contributed by atoms with van der Waals surface area (Å²) in [5.74, 6) is -0.962. The Balaban J connectivity index is 2.12. The van der Waals surface area contributed by atoms with Gasteiger partial charge in [-0.05, 0) is 40.5 Å². The lowest BCUT2D eigenvalue weighted by Gasteiger charge is -2.37. The molecule has 0 atom stereocenters. The van der Waals surface area contributed by atoms with Crippen LogP contribution in [0.4, 0.5) is 0 Å². The number of carbonyl (C=O) groups is 3. The van der Waals surface area contributed by atoms with Crippen LogP contribution in [0.15, 0.2) is 0 Å². The fourth-order valence-electron chi connectivity index (χ4n) is 3.45. The van der Waals surface area contributed by atoms with E-state index in [1.165, 1.54) is 0 Å². The zero-order valence-electron chi connectivity index (χ0n) is 16.6. The second-order valence-electron chi connectivity index (χ2n) is 7.96. The normalized spacial score (nSPS) is 18.5. The van der Waals surface area contributed by atoms with E-state index in [1.54, 1.807) is 0 Å². The second kappa shape index (κ2) is 9.90. The first-order chi connectivity index (χ1) is 12.1. The maximum atomic E-state index is 12.0. The first kappa shape index (κ1) is 22.4. The minimum atomic E-state index is -0.742. The minimum Gasteiger partial charge on any atom is -0.481 e. The number of nitrogens with zero attached hydrogens (tertiary/aromatic N) is 1. The van der Waals surface area contributed by atoms with Crippen molar-refractivity contribution in [2.45, 2.75) is 90.3 Å². The van der Waals surface area contributed by atoms with Gasteiger partial charge in [-0.2, -0.15) is 0 Å². The second-order valence-corrected chi connectivity index (χ2v) is 7.96. The lowest BCUT2D eigenvalue weighted by atomic mass is 10.0. The highest BCUT2D eigenvalue weighted by Crippen LogP contribution is 2.30. The molecule has 0 spiro atoms. The van der Waals surface area contributed by atoms with Crippen molar-refractivity contribution < 1.29 is 24.2 Å². The molecule has 0 unspecified atom stereocenters. The van der Waals surface area contributed by atoms with Crippen LogP contribution in [-0.2, 0) is 19.1 Å². The number of carbonyl (C=O) groups excluding carboxylic acids is 2. The third-order valence-electron chi connectivity index (χ3n) is 4.92. The number of carboxylic acid groups (broad SMARTS) is 1. The Morgan fingerprint density at radius 1 is 1.00 bits per heavy atom. The van der Waals surface area contributed by atoms with Crippen molar-refractivity contribution in [3.05, 3.63) is 0 Å². The van der Waals surface area contributed by atoms with Crippen molar-refractivity contribution in [3.63, 3.8) is 0 Å². The van der Waals surface area contributed by atoms with Crippen LogP contribution in [0.25, 0.3) is 0 Å². The van der Waals surface area contributed by atoms with E-state index in [9.17, 15) is 14.4 Å². The molecule has 1 aliphatic rings. The lowest BCUT2D eigenvalue weighted by Crippen LogP contribution is -2.52. The maximum absolute atomic E-state index is 12.0. The van der Waals surface area contributed by atoms with E-state index in [-0.39, 0.29) is 24.9 Å². The summed E-state index contributed by atoms with van der Waals surface area (Å²) < 4.78 is 5.31. The maximum Gasteiger partial charge on any atom is 0.305 e. The van der Waals surface area contributed by atoms with Gasteiger partial charge in [0.2, 0.25) is 5.91 Å². The van der Waals surface area contributed by atoms with E-state index in [2.05, 4.69) is 5.32 Å². The highest BCUT2D eigenvalue weighted by Gasteiger charge is 2.50. The average molecular weight is 370 g/mol. The van der Waals surface area contributed by atoms with Crippen molar-refractivity contribution >= 4 is 17.8 Å². The number of hydrogen-bond donors (Lipinski definition) is 2. The van der Waals surface area contributed by atoms with Crippen molar-refractivity contribution in [3.8, 4) is 0 Å². The van der Waals surface area contributed by atoms with Crippen LogP contribution >= 0.6 is 0 Å². The summed E-state index contributed by atoms with van der Waals surface area (Å²) in [4.78, 5) is 36.3. The number of esters is 1. The van der Waals surface area contributed by atoms with Crippen molar-refractivity contribution in [2.24, 2.45) is 0 Å². The molecular formula is C19H34N2O5. The van der Waals surface area contributed by atoms with Crippen molar-refractivity contribution in [1.29, 1.82) is 0 Å². The highest BCUT2D eigenvalue weighted by molar-refractivity contribution is 5.88. The number of aliphatic carboxylic acids is 1. The molecule has 7 heteroatoms. The van der Waals surface area contributed by atoms with Gasteiger partial charge in [-0.1, -0.05) is 25.7 Å². The average Bonchev–Trinajstić information content (AvgIpc) is 2.67.